The van der Waals surface area contributed by atoms with Crippen LogP contribution in [-0.4, -0.2) is 23.1 Å². The van der Waals surface area contributed by atoms with Crippen molar-refractivity contribution in [1.82, 2.24) is 10.2 Å². The Labute approximate surface area is 219 Å². The number of nitrogens with one attached hydrogen (secondary N) is 1. The quantitative estimate of drug-likeness (QED) is 0.341. The molecule has 1 aliphatic rings. The first-order chi connectivity index (χ1) is 17.8. The largest absolute Gasteiger partial charge is 0.439 e. The van der Waals surface area contributed by atoms with Crippen LogP contribution in [0.2, 0.25) is 0 Å². The topological polar surface area (TPSA) is 41.6 Å². The van der Waals surface area contributed by atoms with E-state index in [0.717, 1.165) is 17.0 Å². The third-order valence-electron chi connectivity index (χ3n) is 6.46. The summed E-state index contributed by atoms with van der Waals surface area (Å²) in [5.74, 6) is 0. The fraction of sp³-hybridized carbons (Fsp3) is 0.500. The molecule has 13 heteroatoms. The van der Waals surface area contributed by atoms with Gasteiger partial charge in [0.25, 0.3) is 0 Å². The average molecular weight is 570 g/mol. The molecule has 0 spiro atoms. The van der Waals surface area contributed by atoms with Crippen LogP contribution in [0.1, 0.15) is 79.6 Å². The second kappa shape index (κ2) is 10.9. The third-order valence-corrected chi connectivity index (χ3v) is 6.46. The molecule has 1 aliphatic heterocycles. The van der Waals surface area contributed by atoms with Gasteiger partial charge in [0.2, 0.25) is 0 Å². The van der Waals surface area contributed by atoms with E-state index in [-0.39, 0.29) is 23.7 Å². The first-order valence-corrected chi connectivity index (χ1v) is 12.1. The summed E-state index contributed by atoms with van der Waals surface area (Å²) in [6.45, 7) is 6.45. The van der Waals surface area contributed by atoms with E-state index in [9.17, 15) is 44.3 Å². The second-order valence-electron chi connectivity index (χ2n) is 9.71. The van der Waals surface area contributed by atoms with Gasteiger partial charge >= 0.3 is 24.6 Å². The maximum atomic E-state index is 13.5. The highest BCUT2D eigenvalue weighted by Crippen LogP contribution is 2.42. The number of ether oxygens (including phenoxy) is 1. The second-order valence-corrected chi connectivity index (χ2v) is 9.71. The lowest BCUT2D eigenvalue weighted by Crippen LogP contribution is -2.33. The van der Waals surface area contributed by atoms with Gasteiger partial charge < -0.3 is 10.1 Å². The number of hydrogen-bond acceptors (Lipinski definition) is 3. The molecule has 39 heavy (non-hydrogen) atoms. The van der Waals surface area contributed by atoms with Gasteiger partial charge in [-0.25, -0.2) is 4.79 Å². The predicted molar refractivity (Wildman–Crippen MR) is 123 cm³/mol. The zero-order chi connectivity index (χ0) is 29.5. The number of amides is 1. The van der Waals surface area contributed by atoms with E-state index in [4.69, 9.17) is 4.74 Å². The van der Waals surface area contributed by atoms with Crippen LogP contribution in [0.3, 0.4) is 0 Å². The molecule has 1 saturated heterocycles. The standard InChI is InChI=1S/C26H27F9N2O2/c1-5-21(36-13(2)3)20-7-6-17(24(27,28)29)10-16(20)12-37-14(4)22(39-23(37)38)15-8-18(25(30,31)32)11-19(9-15)26(33,34)35/h6-11,13-14,21-22,36H,5,12H2,1-4H3/t14-,21?,22-/m0/s1. The van der Waals surface area contributed by atoms with E-state index < -0.39 is 65.6 Å². The molecule has 0 radical (unpaired) electrons. The molecule has 1 fully saturated rings. The zero-order valence-electron chi connectivity index (χ0n) is 21.4. The van der Waals surface area contributed by atoms with E-state index in [1.54, 1.807) is 0 Å². The normalized spacial score (nSPS) is 19.5. The van der Waals surface area contributed by atoms with Gasteiger partial charge in [0.15, 0.2) is 0 Å². The Morgan fingerprint density at radius 3 is 1.87 bits per heavy atom. The predicted octanol–water partition coefficient (Wildman–Crippen LogP) is 8.27. The number of alkyl halides is 9. The molecule has 2 aromatic carbocycles. The maximum Gasteiger partial charge on any atom is 0.416 e. The van der Waals surface area contributed by atoms with Gasteiger partial charge in [0.1, 0.15) is 6.10 Å². The average Bonchev–Trinajstić information content (AvgIpc) is 3.09. The third kappa shape index (κ3) is 6.98. The molecule has 2 aromatic rings. The number of rotatable bonds is 7. The molecule has 3 atom stereocenters. The molecule has 216 valence electrons. The fourth-order valence-electron chi connectivity index (χ4n) is 4.58. The van der Waals surface area contributed by atoms with Crippen LogP contribution in [0.15, 0.2) is 36.4 Å². The van der Waals surface area contributed by atoms with Crippen molar-refractivity contribution in [2.75, 3.05) is 0 Å². The van der Waals surface area contributed by atoms with Crippen molar-refractivity contribution in [2.45, 2.75) is 83.4 Å². The zero-order valence-corrected chi connectivity index (χ0v) is 21.4. The van der Waals surface area contributed by atoms with E-state index in [0.29, 0.717) is 24.1 Å². The molecule has 4 nitrogen and oxygen atoms in total. The summed E-state index contributed by atoms with van der Waals surface area (Å²) < 4.78 is 126. The molecule has 3 rings (SSSR count). The van der Waals surface area contributed by atoms with E-state index in [1.807, 2.05) is 20.8 Å². The molecule has 1 heterocycles. The van der Waals surface area contributed by atoms with Crippen molar-refractivity contribution in [3.63, 3.8) is 0 Å². The number of halogens is 9. The van der Waals surface area contributed by atoms with Gasteiger partial charge in [-0.05, 0) is 60.4 Å². The summed E-state index contributed by atoms with van der Waals surface area (Å²) in [6.07, 6.45) is -17.0. The Balaban J connectivity index is 2.03. The molecule has 1 N–H and O–H groups in total. The summed E-state index contributed by atoms with van der Waals surface area (Å²) in [5.41, 5.74) is -4.04. The summed E-state index contributed by atoms with van der Waals surface area (Å²) >= 11 is 0. The van der Waals surface area contributed by atoms with Gasteiger partial charge in [-0.15, -0.1) is 0 Å². The van der Waals surface area contributed by atoms with Gasteiger partial charge in [0, 0.05) is 18.6 Å². The van der Waals surface area contributed by atoms with Crippen molar-refractivity contribution in [3.8, 4) is 0 Å². The Morgan fingerprint density at radius 1 is 0.872 bits per heavy atom. The molecule has 0 aliphatic carbocycles. The lowest BCUT2D eigenvalue weighted by atomic mass is 9.94. The number of carbonyl (C=O) groups excluding carboxylic acids is 1. The van der Waals surface area contributed by atoms with Crippen LogP contribution < -0.4 is 5.32 Å². The van der Waals surface area contributed by atoms with Gasteiger partial charge in [0.05, 0.1) is 22.7 Å². The fourth-order valence-corrected chi connectivity index (χ4v) is 4.58. The Hall–Kier alpha value is -2.96. The molecule has 1 amide bonds. The minimum Gasteiger partial charge on any atom is -0.439 e. The summed E-state index contributed by atoms with van der Waals surface area (Å²) in [4.78, 5) is 13.8. The van der Waals surface area contributed by atoms with Crippen LogP contribution in [0.25, 0.3) is 0 Å². The van der Waals surface area contributed by atoms with Crippen LogP contribution in [0.5, 0.6) is 0 Å². The molecule has 0 aromatic heterocycles. The van der Waals surface area contributed by atoms with Crippen molar-refractivity contribution < 1.29 is 49.0 Å². The number of cyclic esters (lactones) is 1. The lowest BCUT2D eigenvalue weighted by Gasteiger charge is -2.27. The first kappa shape index (κ1) is 30.6. The smallest absolute Gasteiger partial charge is 0.416 e. The highest BCUT2D eigenvalue weighted by Gasteiger charge is 2.44. The molecular weight excluding hydrogens is 543 g/mol. The SMILES string of the molecule is CCC(NC(C)C)c1ccc(C(F)(F)F)cc1CN1C(=O)O[C@H](c2cc(C(F)(F)F)cc(C(F)(F)F)c2)[C@@H]1C. The van der Waals surface area contributed by atoms with Crippen molar-refractivity contribution >= 4 is 6.09 Å². The summed E-state index contributed by atoms with van der Waals surface area (Å²) in [7, 11) is 0. The minimum atomic E-state index is -5.10. The summed E-state index contributed by atoms with van der Waals surface area (Å²) in [6, 6.07) is 2.50. The number of benzene rings is 2. The van der Waals surface area contributed by atoms with E-state index in [1.165, 1.54) is 13.0 Å². The first-order valence-electron chi connectivity index (χ1n) is 12.1. The van der Waals surface area contributed by atoms with E-state index >= 15 is 0 Å². The van der Waals surface area contributed by atoms with Gasteiger partial charge in [-0.3, -0.25) is 4.90 Å². The Kier molecular flexibility index (Phi) is 8.54. The summed E-state index contributed by atoms with van der Waals surface area (Å²) in [5, 5.41) is 3.24. The van der Waals surface area contributed by atoms with Gasteiger partial charge in [-0.2, -0.15) is 39.5 Å². The molecule has 0 saturated carbocycles. The highest BCUT2D eigenvalue weighted by atomic mass is 19.4. The monoisotopic (exact) mass is 570 g/mol. The van der Waals surface area contributed by atoms with Crippen LogP contribution >= 0.6 is 0 Å². The van der Waals surface area contributed by atoms with Crippen LogP contribution in [0, 0.1) is 0 Å². The molecule has 1 unspecified atom stereocenters. The van der Waals surface area contributed by atoms with Gasteiger partial charge in [-0.1, -0.05) is 26.8 Å². The number of carbonyl (C=O) groups is 1. The Morgan fingerprint density at radius 2 is 1.41 bits per heavy atom. The van der Waals surface area contributed by atoms with Crippen LogP contribution in [-0.2, 0) is 29.8 Å². The minimum absolute atomic E-state index is 0.0334. The van der Waals surface area contributed by atoms with Crippen molar-refractivity contribution in [1.29, 1.82) is 0 Å². The highest BCUT2D eigenvalue weighted by molar-refractivity contribution is 5.71. The Bertz CT molecular complexity index is 1160. The van der Waals surface area contributed by atoms with Crippen molar-refractivity contribution in [2.24, 2.45) is 0 Å². The molecule has 0 bridgehead atoms. The van der Waals surface area contributed by atoms with Crippen LogP contribution in [0.4, 0.5) is 44.3 Å². The maximum absolute atomic E-state index is 13.5. The molecular formula is C26H27F9N2O2. The van der Waals surface area contributed by atoms with Crippen molar-refractivity contribution in [3.05, 3.63) is 69.8 Å². The number of nitrogens with zero attached hydrogens (tertiary/aromatic N) is 1. The van der Waals surface area contributed by atoms with E-state index in [2.05, 4.69) is 5.32 Å². The lowest BCUT2D eigenvalue weighted by molar-refractivity contribution is -0.143. The number of hydrogen-bond donors (Lipinski definition) is 1.